The van der Waals surface area contributed by atoms with E-state index in [1.165, 1.54) is 0 Å². The van der Waals surface area contributed by atoms with Crippen molar-refractivity contribution in [2.24, 2.45) is 7.05 Å². The Labute approximate surface area is 198 Å². The van der Waals surface area contributed by atoms with E-state index in [4.69, 9.17) is 21.7 Å². The summed E-state index contributed by atoms with van der Waals surface area (Å²) in [4.78, 5) is 32.4. The predicted octanol–water partition coefficient (Wildman–Crippen LogP) is 3.81. The van der Waals surface area contributed by atoms with Crippen molar-refractivity contribution in [2.45, 2.75) is 43.9 Å². The van der Waals surface area contributed by atoms with Crippen LogP contribution in [0.25, 0.3) is 11.0 Å². The fourth-order valence-corrected chi connectivity index (χ4v) is 5.03. The summed E-state index contributed by atoms with van der Waals surface area (Å²) in [5.74, 6) is 0.641. The Balaban J connectivity index is 1.37. The van der Waals surface area contributed by atoms with Gasteiger partial charge >= 0.3 is 0 Å². The number of carbonyl (C=O) groups excluding carboxylic acids is 2. The third-order valence-electron chi connectivity index (χ3n) is 6.79. The van der Waals surface area contributed by atoms with Crippen LogP contribution in [0.2, 0.25) is 5.02 Å². The summed E-state index contributed by atoms with van der Waals surface area (Å²) in [7, 11) is 3.55. The molecule has 33 heavy (non-hydrogen) atoms. The van der Waals surface area contributed by atoms with E-state index in [1.54, 1.807) is 11.7 Å². The zero-order valence-corrected chi connectivity index (χ0v) is 19.7. The molecule has 8 heteroatoms. The maximum Gasteiger partial charge on any atom is 0.251 e. The van der Waals surface area contributed by atoms with E-state index in [2.05, 4.69) is 5.32 Å². The number of hydrogen-bond acceptors (Lipinski definition) is 4. The van der Waals surface area contributed by atoms with Crippen molar-refractivity contribution in [1.29, 1.82) is 0 Å². The average molecular weight is 466 g/mol. The number of benzene rings is 1. The molecule has 1 N–H and O–H groups in total. The molecule has 2 aliphatic rings. The Kier molecular flexibility index (Phi) is 5.83. The minimum atomic E-state index is -0.104. The average Bonchev–Trinajstić information content (AvgIpc) is 3.62. The second-order valence-electron chi connectivity index (χ2n) is 9.12. The first-order valence-corrected chi connectivity index (χ1v) is 11.9. The summed E-state index contributed by atoms with van der Waals surface area (Å²) in [6.45, 7) is 1.34. The number of hydrogen-bond donors (Lipinski definition) is 1. The fourth-order valence-electron chi connectivity index (χ4n) is 4.82. The first kappa shape index (κ1) is 21.9. The number of aromatic nitrogens is 3. The summed E-state index contributed by atoms with van der Waals surface area (Å²) in [5.41, 5.74) is 4.26. The molecule has 0 bridgehead atoms. The number of rotatable bonds is 5. The van der Waals surface area contributed by atoms with E-state index in [1.807, 2.05) is 42.3 Å². The minimum Gasteiger partial charge on any atom is -0.355 e. The molecule has 1 saturated heterocycles. The lowest BCUT2D eigenvalue weighted by molar-refractivity contribution is -0.131. The molecular weight excluding hydrogens is 438 g/mol. The second kappa shape index (κ2) is 8.78. The maximum atomic E-state index is 12.8. The van der Waals surface area contributed by atoms with Crippen molar-refractivity contribution in [2.75, 3.05) is 20.1 Å². The number of pyridine rings is 1. The van der Waals surface area contributed by atoms with Crippen LogP contribution < -0.4 is 5.32 Å². The van der Waals surface area contributed by atoms with Crippen LogP contribution in [-0.4, -0.2) is 51.6 Å². The number of aryl methyl sites for hydroxylation is 1. The molecular formula is C25H28ClN5O2. The molecule has 1 saturated carbocycles. The number of nitrogens with zero attached hydrogens (tertiary/aromatic N) is 4. The van der Waals surface area contributed by atoms with Crippen molar-refractivity contribution in [3.05, 3.63) is 57.9 Å². The van der Waals surface area contributed by atoms with E-state index in [9.17, 15) is 9.59 Å². The van der Waals surface area contributed by atoms with Crippen LogP contribution in [0, 0.1) is 0 Å². The molecule has 2 amide bonds. The Bertz CT molecular complexity index is 1230. The van der Waals surface area contributed by atoms with Gasteiger partial charge in [0.05, 0.1) is 23.1 Å². The first-order chi connectivity index (χ1) is 15.9. The van der Waals surface area contributed by atoms with Crippen molar-refractivity contribution < 1.29 is 9.59 Å². The molecule has 1 aliphatic carbocycles. The molecule has 0 radical (unpaired) electrons. The van der Waals surface area contributed by atoms with Crippen LogP contribution in [0.3, 0.4) is 0 Å². The lowest BCUT2D eigenvalue weighted by Crippen LogP contribution is -2.39. The van der Waals surface area contributed by atoms with Gasteiger partial charge in [-0.1, -0.05) is 23.7 Å². The van der Waals surface area contributed by atoms with Gasteiger partial charge < -0.3 is 10.2 Å². The van der Waals surface area contributed by atoms with Crippen LogP contribution in [0.1, 0.15) is 64.8 Å². The second-order valence-corrected chi connectivity index (χ2v) is 9.55. The van der Waals surface area contributed by atoms with Gasteiger partial charge in [0.25, 0.3) is 5.91 Å². The molecule has 1 aromatic carbocycles. The Morgan fingerprint density at radius 2 is 1.88 bits per heavy atom. The third kappa shape index (κ3) is 4.34. The number of piperidine rings is 1. The lowest BCUT2D eigenvalue weighted by atomic mass is 9.90. The number of likely N-dealkylation sites (tertiary alicyclic amines) is 1. The summed E-state index contributed by atoms with van der Waals surface area (Å²) in [6, 6.07) is 9.41. The lowest BCUT2D eigenvalue weighted by Gasteiger charge is -2.31. The van der Waals surface area contributed by atoms with Crippen LogP contribution in [0.4, 0.5) is 0 Å². The topological polar surface area (TPSA) is 80.1 Å². The van der Waals surface area contributed by atoms with Gasteiger partial charge in [-0.2, -0.15) is 5.10 Å². The number of nitrogens with one attached hydrogen (secondary N) is 1. The first-order valence-electron chi connectivity index (χ1n) is 11.6. The number of fused-ring (bicyclic) bond motifs is 1. The molecule has 7 nitrogen and oxygen atoms in total. The highest BCUT2D eigenvalue weighted by molar-refractivity contribution is 6.30. The molecule has 0 unspecified atom stereocenters. The Morgan fingerprint density at radius 1 is 1.12 bits per heavy atom. The monoisotopic (exact) mass is 465 g/mol. The smallest absolute Gasteiger partial charge is 0.251 e. The largest absolute Gasteiger partial charge is 0.355 e. The van der Waals surface area contributed by atoms with Gasteiger partial charge in [0.2, 0.25) is 5.91 Å². The predicted molar refractivity (Wildman–Crippen MR) is 128 cm³/mol. The summed E-state index contributed by atoms with van der Waals surface area (Å²) < 4.78 is 1.81. The van der Waals surface area contributed by atoms with Crippen LogP contribution in [-0.2, 0) is 18.3 Å². The summed E-state index contributed by atoms with van der Waals surface area (Å²) >= 11 is 6.06. The molecule has 0 spiro atoms. The Hall–Kier alpha value is -2.93. The SMILES string of the molecule is CNC(=O)c1cc(C2CC2)nc2c1c(C1CCN(C(=O)Cc3cccc(Cl)c3)CC1)nn2C. The molecule has 3 aromatic rings. The minimum absolute atomic E-state index is 0.104. The maximum absolute atomic E-state index is 12.8. The highest BCUT2D eigenvalue weighted by Crippen LogP contribution is 2.41. The Morgan fingerprint density at radius 3 is 2.55 bits per heavy atom. The molecule has 2 aromatic heterocycles. The molecule has 172 valence electrons. The van der Waals surface area contributed by atoms with E-state index < -0.39 is 0 Å². The van der Waals surface area contributed by atoms with E-state index >= 15 is 0 Å². The highest BCUT2D eigenvalue weighted by Gasteiger charge is 2.32. The zero-order valence-electron chi connectivity index (χ0n) is 19.0. The number of carbonyl (C=O) groups is 2. The summed E-state index contributed by atoms with van der Waals surface area (Å²) in [5, 5.41) is 9.09. The molecule has 5 rings (SSSR count). The zero-order chi connectivity index (χ0) is 23.1. The van der Waals surface area contributed by atoms with Crippen LogP contribution >= 0.6 is 11.6 Å². The van der Waals surface area contributed by atoms with Crippen molar-refractivity contribution in [1.82, 2.24) is 25.0 Å². The van der Waals surface area contributed by atoms with E-state index in [0.717, 1.165) is 53.7 Å². The summed E-state index contributed by atoms with van der Waals surface area (Å²) in [6.07, 6.45) is 4.22. The quantitative estimate of drug-likeness (QED) is 0.621. The van der Waals surface area contributed by atoms with Gasteiger partial charge in [-0.3, -0.25) is 14.3 Å². The van der Waals surface area contributed by atoms with Gasteiger partial charge in [-0.25, -0.2) is 4.98 Å². The van der Waals surface area contributed by atoms with Gasteiger partial charge in [0.1, 0.15) is 0 Å². The normalized spacial score (nSPS) is 16.9. The molecule has 3 heterocycles. The van der Waals surface area contributed by atoms with Crippen molar-refractivity contribution in [3.63, 3.8) is 0 Å². The van der Waals surface area contributed by atoms with Crippen LogP contribution in [0.5, 0.6) is 0 Å². The molecule has 1 aliphatic heterocycles. The van der Waals surface area contributed by atoms with Crippen LogP contribution in [0.15, 0.2) is 30.3 Å². The fraction of sp³-hybridized carbons (Fsp3) is 0.440. The molecule has 0 atom stereocenters. The standard InChI is InChI=1S/C25H28ClN5O2/c1-27-25(33)19-14-20(16-6-7-16)28-24-22(19)23(29-30(24)2)17-8-10-31(11-9-17)21(32)13-15-4-3-5-18(26)12-15/h3-5,12,14,16-17H,6-11,13H2,1-2H3,(H,27,33). The molecule has 2 fully saturated rings. The van der Waals surface area contributed by atoms with Gasteiger partial charge in [-0.05, 0) is 49.4 Å². The number of amides is 2. The van der Waals surface area contributed by atoms with Crippen molar-refractivity contribution in [3.8, 4) is 0 Å². The van der Waals surface area contributed by atoms with Crippen molar-refractivity contribution >= 4 is 34.4 Å². The van der Waals surface area contributed by atoms with E-state index in [-0.39, 0.29) is 17.7 Å². The van der Waals surface area contributed by atoms with Gasteiger partial charge in [0, 0.05) is 49.7 Å². The van der Waals surface area contributed by atoms with Gasteiger partial charge in [-0.15, -0.1) is 0 Å². The van der Waals surface area contributed by atoms with Gasteiger partial charge in [0.15, 0.2) is 5.65 Å². The third-order valence-corrected chi connectivity index (χ3v) is 7.02. The highest BCUT2D eigenvalue weighted by atomic mass is 35.5. The number of halogens is 1. The van der Waals surface area contributed by atoms with E-state index in [0.29, 0.717) is 36.0 Å².